The van der Waals surface area contributed by atoms with Gasteiger partial charge in [-0.1, -0.05) is 13.0 Å². The zero-order valence-corrected chi connectivity index (χ0v) is 17.0. The van der Waals surface area contributed by atoms with E-state index < -0.39 is 0 Å². The lowest BCUT2D eigenvalue weighted by Gasteiger charge is -2.31. The predicted octanol–water partition coefficient (Wildman–Crippen LogP) is 3.77. The maximum absolute atomic E-state index is 5.75. The van der Waals surface area contributed by atoms with E-state index in [2.05, 4.69) is 47.4 Å². The van der Waals surface area contributed by atoms with E-state index in [1.54, 1.807) is 21.1 Å². The van der Waals surface area contributed by atoms with E-state index in [1.807, 2.05) is 16.0 Å². The van der Waals surface area contributed by atoms with E-state index >= 15 is 0 Å². The normalized spacial score (nSPS) is 19.9. The molecule has 4 heterocycles. The van der Waals surface area contributed by atoms with Crippen LogP contribution in [0.4, 0.5) is 0 Å². The summed E-state index contributed by atoms with van der Waals surface area (Å²) in [5.74, 6) is 1.00. The molecule has 0 saturated carbocycles. The summed E-state index contributed by atoms with van der Waals surface area (Å²) in [4.78, 5) is 4.33. The van der Waals surface area contributed by atoms with Gasteiger partial charge in [-0.2, -0.15) is 4.68 Å². The summed E-state index contributed by atoms with van der Waals surface area (Å²) in [6.07, 6.45) is 2.32. The summed E-state index contributed by atoms with van der Waals surface area (Å²) < 4.78 is 5.04. The summed E-state index contributed by atoms with van der Waals surface area (Å²) in [5, 5.41) is 9.23. The highest BCUT2D eigenvalue weighted by atomic mass is 32.1. The Morgan fingerprint density at radius 1 is 1.28 bits per heavy atom. The number of hydrogen-bond donors (Lipinski definition) is 1. The Morgan fingerprint density at radius 3 is 2.88 bits per heavy atom. The van der Waals surface area contributed by atoms with Crippen LogP contribution < -0.4 is 4.90 Å². The largest absolute Gasteiger partial charge is 0.310 e. The monoisotopic (exact) mass is 391 g/mol. The highest BCUT2D eigenvalue weighted by molar-refractivity contribution is 7.71. The third-order valence-electron chi connectivity index (χ3n) is 5.06. The van der Waals surface area contributed by atoms with Crippen LogP contribution in [0.25, 0.3) is 10.7 Å². The molecule has 1 N–H and O–H groups in total. The molecule has 0 saturated heterocycles. The van der Waals surface area contributed by atoms with Gasteiger partial charge in [0.15, 0.2) is 12.5 Å². The van der Waals surface area contributed by atoms with Crippen molar-refractivity contribution in [2.75, 3.05) is 6.54 Å². The molecule has 4 nitrogen and oxygen atoms in total. The number of nitrogens with zero attached hydrogens (tertiary/aromatic N) is 3. The van der Waals surface area contributed by atoms with Crippen LogP contribution in [0.2, 0.25) is 0 Å². The second-order valence-corrected chi connectivity index (χ2v) is 8.72. The summed E-state index contributed by atoms with van der Waals surface area (Å²) in [6.45, 7) is 7.28. The molecule has 0 spiro atoms. The van der Waals surface area contributed by atoms with Crippen LogP contribution in [0, 0.1) is 4.77 Å². The molecule has 4 rings (SSSR count). The first kappa shape index (κ1) is 17.1. The van der Waals surface area contributed by atoms with E-state index in [0.717, 1.165) is 36.8 Å². The molecule has 7 heteroatoms. The van der Waals surface area contributed by atoms with Crippen molar-refractivity contribution >= 4 is 34.9 Å². The molecule has 3 aromatic rings. The lowest BCUT2D eigenvalue weighted by atomic mass is 9.98. The topological polar surface area (TPSA) is 27.2 Å². The highest BCUT2D eigenvalue weighted by Crippen LogP contribution is 2.27. The SMILES string of the molecule is CC[C@@H]1c2ccsc2CC[NH+]1Cn1nc(-c2cccs2)n(CC)c1=S. The zero-order valence-electron chi connectivity index (χ0n) is 14.6. The second kappa shape index (κ2) is 7.15. The van der Waals surface area contributed by atoms with Gasteiger partial charge >= 0.3 is 0 Å². The van der Waals surface area contributed by atoms with Crippen LogP contribution in [-0.2, 0) is 19.6 Å². The first-order chi connectivity index (χ1) is 12.2. The third-order valence-corrected chi connectivity index (χ3v) is 7.36. The Hall–Kier alpha value is -1.28. The fourth-order valence-electron chi connectivity index (χ4n) is 3.84. The van der Waals surface area contributed by atoms with Gasteiger partial charge in [-0.05, 0) is 42.0 Å². The number of nitrogens with one attached hydrogen (secondary N) is 1. The number of fused-ring (bicyclic) bond motifs is 1. The summed E-state index contributed by atoms with van der Waals surface area (Å²) >= 11 is 9.37. The van der Waals surface area contributed by atoms with E-state index in [4.69, 9.17) is 17.3 Å². The molecule has 25 heavy (non-hydrogen) atoms. The van der Waals surface area contributed by atoms with E-state index in [-0.39, 0.29) is 0 Å². The summed E-state index contributed by atoms with van der Waals surface area (Å²) in [7, 11) is 0. The van der Waals surface area contributed by atoms with Crippen molar-refractivity contribution in [1.29, 1.82) is 0 Å². The number of quaternary nitrogens is 1. The van der Waals surface area contributed by atoms with E-state index in [9.17, 15) is 0 Å². The van der Waals surface area contributed by atoms with Crippen LogP contribution in [0.1, 0.15) is 36.8 Å². The van der Waals surface area contributed by atoms with Crippen molar-refractivity contribution in [2.24, 2.45) is 0 Å². The smallest absolute Gasteiger partial charge is 0.203 e. The minimum atomic E-state index is 0.550. The average Bonchev–Trinajstić information content (AvgIpc) is 3.35. The Bertz CT molecular complexity index is 903. The van der Waals surface area contributed by atoms with Crippen LogP contribution in [-0.4, -0.2) is 20.9 Å². The Balaban J connectivity index is 1.66. The van der Waals surface area contributed by atoms with Crippen LogP contribution in [0.15, 0.2) is 29.0 Å². The van der Waals surface area contributed by atoms with Crippen molar-refractivity contribution in [3.05, 3.63) is 44.2 Å². The molecule has 3 aromatic heterocycles. The fourth-order valence-corrected chi connectivity index (χ4v) is 5.82. The first-order valence-corrected chi connectivity index (χ1v) is 11.0. The van der Waals surface area contributed by atoms with Crippen LogP contribution in [0.3, 0.4) is 0 Å². The van der Waals surface area contributed by atoms with Gasteiger partial charge in [0, 0.05) is 29.8 Å². The maximum atomic E-state index is 5.75. The minimum Gasteiger partial charge on any atom is -0.310 e. The van der Waals surface area contributed by atoms with Crippen molar-refractivity contribution < 1.29 is 4.90 Å². The molecule has 0 amide bonds. The van der Waals surface area contributed by atoms with Crippen molar-refractivity contribution in [2.45, 2.75) is 45.9 Å². The molecule has 0 bridgehead atoms. The molecule has 0 fully saturated rings. The number of thiophene rings is 2. The van der Waals surface area contributed by atoms with Gasteiger partial charge in [-0.15, -0.1) is 27.8 Å². The maximum Gasteiger partial charge on any atom is 0.203 e. The van der Waals surface area contributed by atoms with Gasteiger partial charge in [0.1, 0.15) is 6.04 Å². The third kappa shape index (κ3) is 3.03. The molecule has 1 aliphatic rings. The quantitative estimate of drug-likeness (QED) is 0.670. The van der Waals surface area contributed by atoms with Gasteiger partial charge in [0.05, 0.1) is 11.4 Å². The predicted molar refractivity (Wildman–Crippen MR) is 107 cm³/mol. The molecule has 132 valence electrons. The number of rotatable bonds is 5. The molecule has 0 aliphatic carbocycles. The van der Waals surface area contributed by atoms with Crippen LogP contribution in [0.5, 0.6) is 0 Å². The van der Waals surface area contributed by atoms with Gasteiger partial charge in [-0.25, -0.2) is 0 Å². The summed E-state index contributed by atoms with van der Waals surface area (Å²) in [5.41, 5.74) is 1.54. The number of hydrogen-bond acceptors (Lipinski definition) is 4. The van der Waals surface area contributed by atoms with Gasteiger partial charge < -0.3 is 4.90 Å². The van der Waals surface area contributed by atoms with Crippen molar-refractivity contribution in [3.8, 4) is 10.7 Å². The highest BCUT2D eigenvalue weighted by Gasteiger charge is 2.31. The van der Waals surface area contributed by atoms with E-state index in [0.29, 0.717) is 6.04 Å². The molecule has 1 unspecified atom stereocenters. The molecular formula is C18H23N4S3+. The summed E-state index contributed by atoms with van der Waals surface area (Å²) in [6, 6.07) is 7.06. The molecular weight excluding hydrogens is 368 g/mol. The second-order valence-electron chi connectivity index (χ2n) is 6.40. The van der Waals surface area contributed by atoms with Crippen molar-refractivity contribution in [3.63, 3.8) is 0 Å². The lowest BCUT2D eigenvalue weighted by molar-refractivity contribution is -0.956. The minimum absolute atomic E-state index is 0.550. The Labute approximate surface area is 161 Å². The fraction of sp³-hybridized carbons (Fsp3) is 0.444. The molecule has 2 atom stereocenters. The average molecular weight is 392 g/mol. The standard InChI is InChI=1S/C18H22N4S3/c1-3-14-13-8-11-25-15(13)7-9-20(14)12-22-18(23)21(4-2)17(19-22)16-6-5-10-24-16/h5-6,8,10-11,14H,3-4,7,9,12H2,1-2H3/p+1/t14-/m1/s1. The van der Waals surface area contributed by atoms with Crippen molar-refractivity contribution in [1.82, 2.24) is 14.3 Å². The van der Waals surface area contributed by atoms with Gasteiger partial charge in [0.25, 0.3) is 0 Å². The Morgan fingerprint density at radius 2 is 2.16 bits per heavy atom. The molecule has 1 aliphatic heterocycles. The first-order valence-electron chi connectivity index (χ1n) is 8.85. The molecule has 0 aromatic carbocycles. The van der Waals surface area contributed by atoms with Crippen LogP contribution >= 0.6 is 34.9 Å². The van der Waals surface area contributed by atoms with Gasteiger partial charge in [-0.3, -0.25) is 4.57 Å². The van der Waals surface area contributed by atoms with E-state index in [1.165, 1.54) is 16.9 Å². The van der Waals surface area contributed by atoms with Gasteiger partial charge in [0.2, 0.25) is 4.77 Å². The Kier molecular flexibility index (Phi) is 4.90. The number of aromatic nitrogens is 3. The lowest BCUT2D eigenvalue weighted by Crippen LogP contribution is -3.12. The zero-order chi connectivity index (χ0) is 17.4. The molecule has 0 radical (unpaired) electrons.